The summed E-state index contributed by atoms with van der Waals surface area (Å²) in [5.41, 5.74) is 0.679. The first-order chi connectivity index (χ1) is 11.0. The van der Waals surface area contributed by atoms with Crippen molar-refractivity contribution in [3.63, 3.8) is 0 Å². The van der Waals surface area contributed by atoms with E-state index in [1.54, 1.807) is 12.1 Å². The number of nitrogens with zero attached hydrogens (tertiary/aromatic N) is 1. The Bertz CT molecular complexity index is 509. The smallest absolute Gasteiger partial charge is 0.405 e. The van der Waals surface area contributed by atoms with Crippen LogP contribution in [0.15, 0.2) is 24.3 Å². The Morgan fingerprint density at radius 3 is 2.39 bits per heavy atom. The van der Waals surface area contributed by atoms with Crippen molar-refractivity contribution in [2.75, 3.05) is 26.2 Å². The quantitative estimate of drug-likeness (QED) is 0.912. The maximum absolute atomic E-state index is 12.8. The van der Waals surface area contributed by atoms with E-state index in [1.165, 1.54) is 6.07 Å². The molecule has 1 aliphatic carbocycles. The van der Waals surface area contributed by atoms with Crippen LogP contribution in [0.2, 0.25) is 0 Å². The second-order valence-electron chi connectivity index (χ2n) is 6.36. The predicted octanol–water partition coefficient (Wildman–Crippen LogP) is 3.72. The summed E-state index contributed by atoms with van der Waals surface area (Å²) in [5, 5.41) is 3.31. The molecule has 2 aliphatic rings. The van der Waals surface area contributed by atoms with Crippen molar-refractivity contribution in [2.45, 2.75) is 38.1 Å². The number of benzene rings is 1. The fraction of sp³-hybridized carbons (Fsp3) is 0.647. The summed E-state index contributed by atoms with van der Waals surface area (Å²) < 4.78 is 42.6. The second kappa shape index (κ2) is 7.09. The van der Waals surface area contributed by atoms with E-state index >= 15 is 0 Å². The van der Waals surface area contributed by atoms with Crippen molar-refractivity contribution >= 4 is 0 Å². The summed E-state index contributed by atoms with van der Waals surface area (Å²) in [6.45, 7) is 3.49. The molecule has 128 valence electrons. The topological polar surface area (TPSA) is 24.5 Å². The molecule has 23 heavy (non-hydrogen) atoms. The zero-order valence-electron chi connectivity index (χ0n) is 13.1. The van der Waals surface area contributed by atoms with Gasteiger partial charge in [-0.3, -0.25) is 4.90 Å². The van der Waals surface area contributed by atoms with Gasteiger partial charge in [0.15, 0.2) is 0 Å². The van der Waals surface area contributed by atoms with Gasteiger partial charge in [0, 0.05) is 37.8 Å². The van der Waals surface area contributed by atoms with Crippen LogP contribution < -0.4 is 10.1 Å². The first-order valence-corrected chi connectivity index (χ1v) is 8.34. The van der Waals surface area contributed by atoms with Gasteiger partial charge >= 0.3 is 6.36 Å². The van der Waals surface area contributed by atoms with Gasteiger partial charge in [-0.15, -0.1) is 13.2 Å². The van der Waals surface area contributed by atoms with E-state index in [0.717, 1.165) is 51.9 Å². The van der Waals surface area contributed by atoms with Gasteiger partial charge in [-0.25, -0.2) is 0 Å². The van der Waals surface area contributed by atoms with Crippen LogP contribution >= 0.6 is 0 Å². The maximum atomic E-state index is 12.8. The van der Waals surface area contributed by atoms with E-state index in [9.17, 15) is 13.2 Å². The van der Waals surface area contributed by atoms with Gasteiger partial charge in [0.25, 0.3) is 0 Å². The van der Waals surface area contributed by atoms with Gasteiger partial charge in [-0.2, -0.15) is 0 Å². The normalized spacial score (nSPS) is 22.2. The van der Waals surface area contributed by atoms with Crippen LogP contribution in [0.5, 0.6) is 5.75 Å². The van der Waals surface area contributed by atoms with Crippen molar-refractivity contribution in [1.82, 2.24) is 10.2 Å². The van der Waals surface area contributed by atoms with Gasteiger partial charge in [0.1, 0.15) is 5.75 Å². The Labute approximate surface area is 134 Å². The number of nitrogens with one attached hydrogen (secondary N) is 1. The summed E-state index contributed by atoms with van der Waals surface area (Å²) >= 11 is 0. The number of alkyl halides is 3. The monoisotopic (exact) mass is 328 g/mol. The molecular formula is C17H23F3N2O. The van der Waals surface area contributed by atoms with Crippen LogP contribution in [0.4, 0.5) is 13.2 Å². The zero-order valence-corrected chi connectivity index (χ0v) is 13.1. The average Bonchev–Trinajstić information content (AvgIpc) is 3.03. The lowest BCUT2D eigenvalue weighted by Crippen LogP contribution is -2.46. The molecule has 3 rings (SSSR count). The van der Waals surface area contributed by atoms with Crippen molar-refractivity contribution in [3.05, 3.63) is 29.8 Å². The fourth-order valence-corrected chi connectivity index (χ4v) is 3.92. The van der Waals surface area contributed by atoms with Crippen molar-refractivity contribution < 1.29 is 17.9 Å². The number of para-hydroxylation sites is 1. The molecule has 6 heteroatoms. The highest BCUT2D eigenvalue weighted by Crippen LogP contribution is 2.43. The molecule has 1 N–H and O–H groups in total. The number of ether oxygens (including phenoxy) is 1. The molecule has 0 spiro atoms. The Morgan fingerprint density at radius 2 is 1.74 bits per heavy atom. The minimum atomic E-state index is -4.65. The van der Waals surface area contributed by atoms with E-state index in [1.807, 2.05) is 6.07 Å². The molecule has 0 bridgehead atoms. The summed E-state index contributed by atoms with van der Waals surface area (Å²) in [7, 11) is 0. The van der Waals surface area contributed by atoms with Crippen LogP contribution in [0.1, 0.15) is 37.3 Å². The first kappa shape index (κ1) is 16.6. The SMILES string of the molecule is FC(F)(F)Oc1ccccc1[C@@H](C1CCCC1)N1CCNCC1. The number of hydrogen-bond acceptors (Lipinski definition) is 3. The Balaban J connectivity index is 1.92. The van der Waals surface area contributed by atoms with E-state index in [-0.39, 0.29) is 11.8 Å². The molecule has 1 saturated carbocycles. The number of halogens is 3. The lowest BCUT2D eigenvalue weighted by atomic mass is 9.89. The largest absolute Gasteiger partial charge is 0.573 e. The molecule has 1 aliphatic heterocycles. The van der Waals surface area contributed by atoms with Crippen molar-refractivity contribution in [1.29, 1.82) is 0 Å². The van der Waals surface area contributed by atoms with Crippen LogP contribution in [-0.2, 0) is 0 Å². The van der Waals surface area contributed by atoms with Gasteiger partial charge in [-0.05, 0) is 24.8 Å². The van der Waals surface area contributed by atoms with Gasteiger partial charge in [0.05, 0.1) is 0 Å². The molecule has 1 heterocycles. The Hall–Kier alpha value is -1.27. The number of piperazine rings is 1. The third kappa shape index (κ3) is 4.18. The van der Waals surface area contributed by atoms with Crippen LogP contribution in [0, 0.1) is 5.92 Å². The Kier molecular flexibility index (Phi) is 5.11. The van der Waals surface area contributed by atoms with Crippen LogP contribution in [-0.4, -0.2) is 37.4 Å². The summed E-state index contributed by atoms with van der Waals surface area (Å²) in [6, 6.07) is 6.66. The second-order valence-corrected chi connectivity index (χ2v) is 6.36. The Morgan fingerprint density at radius 1 is 1.09 bits per heavy atom. The van der Waals surface area contributed by atoms with Crippen molar-refractivity contribution in [2.24, 2.45) is 5.92 Å². The number of rotatable bonds is 4. The van der Waals surface area contributed by atoms with Crippen LogP contribution in [0.25, 0.3) is 0 Å². The van der Waals surface area contributed by atoms with Crippen LogP contribution in [0.3, 0.4) is 0 Å². The molecule has 0 aromatic heterocycles. The molecule has 2 fully saturated rings. The molecular weight excluding hydrogens is 305 g/mol. The highest BCUT2D eigenvalue weighted by atomic mass is 19.4. The molecule has 1 atom stereocenters. The predicted molar refractivity (Wildman–Crippen MR) is 82.3 cm³/mol. The summed E-state index contributed by atoms with van der Waals surface area (Å²) in [6.07, 6.45) is -0.172. The minimum Gasteiger partial charge on any atom is -0.405 e. The highest BCUT2D eigenvalue weighted by Gasteiger charge is 2.37. The third-order valence-electron chi connectivity index (χ3n) is 4.85. The minimum absolute atomic E-state index is 0.0122. The molecule has 3 nitrogen and oxygen atoms in total. The zero-order chi connectivity index (χ0) is 16.3. The van der Waals surface area contributed by atoms with E-state index in [2.05, 4.69) is 15.0 Å². The molecule has 1 aromatic rings. The average molecular weight is 328 g/mol. The molecule has 0 radical (unpaired) electrons. The highest BCUT2D eigenvalue weighted by molar-refractivity contribution is 5.37. The number of hydrogen-bond donors (Lipinski definition) is 1. The summed E-state index contributed by atoms with van der Waals surface area (Å²) in [5.74, 6) is 0.363. The lowest BCUT2D eigenvalue weighted by molar-refractivity contribution is -0.275. The van der Waals surface area contributed by atoms with E-state index in [0.29, 0.717) is 11.5 Å². The first-order valence-electron chi connectivity index (χ1n) is 8.34. The standard InChI is InChI=1S/C17H23F3N2O/c18-17(19,20)23-15-8-4-3-7-14(15)16(13-5-1-2-6-13)22-11-9-21-10-12-22/h3-4,7-8,13,16,21H,1-2,5-6,9-12H2/t16-/m1/s1. The molecule has 0 unspecified atom stereocenters. The maximum Gasteiger partial charge on any atom is 0.573 e. The lowest BCUT2D eigenvalue weighted by Gasteiger charge is -2.39. The fourth-order valence-electron chi connectivity index (χ4n) is 3.92. The van der Waals surface area contributed by atoms with E-state index in [4.69, 9.17) is 0 Å². The summed E-state index contributed by atoms with van der Waals surface area (Å²) in [4.78, 5) is 2.32. The van der Waals surface area contributed by atoms with Crippen molar-refractivity contribution in [3.8, 4) is 5.75 Å². The molecule has 1 aromatic carbocycles. The molecule has 1 saturated heterocycles. The van der Waals surface area contributed by atoms with Gasteiger partial charge < -0.3 is 10.1 Å². The van der Waals surface area contributed by atoms with E-state index < -0.39 is 6.36 Å². The molecule has 0 amide bonds. The third-order valence-corrected chi connectivity index (χ3v) is 4.85. The van der Waals surface area contributed by atoms with Gasteiger partial charge in [0.2, 0.25) is 0 Å². The van der Waals surface area contributed by atoms with Gasteiger partial charge in [-0.1, -0.05) is 31.0 Å².